The van der Waals surface area contributed by atoms with Gasteiger partial charge in [-0.1, -0.05) is 95.5 Å². The molecule has 2 N–H and O–H groups in total. The standard InChI is InChI=1S/C30H42N2O2.C26H32N2O2/c1-22-21-31-28(32-22)27(33)19-24-9-10-25(20-26(24)23-11-16-29(2,3)17-12-23)30(15-8-18-34-4)13-6-5-7-14-30;1-17-16-27-25(28-17)24(30)15-21-5-4-20(18-6-8-22(29)9-7-18)14-23(21)19-10-12-26(2,3)13-11-19/h9-11,20-21H,5-8,12-19H2,1-4H3,(H,31,32);4-5,10,14,16,18H,6-9,11-13,15H2,1-3H3,(H,27,28). The number of aromatic amines is 2. The van der Waals surface area contributed by atoms with Crippen LogP contribution in [0.3, 0.4) is 0 Å². The Balaban J connectivity index is 0.000000193. The minimum absolute atomic E-state index is 0.0251. The number of ketones is 3. The van der Waals surface area contributed by atoms with Crippen LogP contribution in [0.15, 0.2) is 60.9 Å². The maximum atomic E-state index is 13.1. The molecule has 2 aromatic heterocycles. The number of H-pyrrole nitrogens is 2. The summed E-state index contributed by atoms with van der Waals surface area (Å²) in [6.07, 6.45) is 27.6. The van der Waals surface area contributed by atoms with Crippen LogP contribution in [0.4, 0.5) is 0 Å². The summed E-state index contributed by atoms with van der Waals surface area (Å²) in [5.74, 6) is 1.82. The SMILES string of the molecule is COCCCC1(c2ccc(CC(=O)c3ncc(C)[nH]3)c(C3=CCC(C)(C)CC3)c2)CCCCC1.Cc1cnc(C(=O)Cc2ccc(C3CCC(=O)CC3)cc2C2=CCC(C)(C)CC2)[nH]1. The monoisotopic (exact) mass is 867 g/mol. The lowest BCUT2D eigenvalue weighted by Gasteiger charge is -2.39. The number of imidazole rings is 2. The molecule has 4 aliphatic carbocycles. The summed E-state index contributed by atoms with van der Waals surface area (Å²) in [6, 6.07) is 13.6. The van der Waals surface area contributed by atoms with Crippen LogP contribution >= 0.6 is 0 Å². The van der Waals surface area contributed by atoms with Gasteiger partial charge in [-0.05, 0) is 158 Å². The van der Waals surface area contributed by atoms with E-state index in [4.69, 9.17) is 4.74 Å². The molecule has 8 rings (SSSR count). The molecule has 0 bridgehead atoms. The highest BCUT2D eigenvalue weighted by Crippen LogP contribution is 2.46. The van der Waals surface area contributed by atoms with Crippen LogP contribution < -0.4 is 0 Å². The van der Waals surface area contributed by atoms with Gasteiger partial charge < -0.3 is 14.7 Å². The molecule has 342 valence electrons. The summed E-state index contributed by atoms with van der Waals surface area (Å²) in [5, 5.41) is 0. The van der Waals surface area contributed by atoms with E-state index in [9.17, 15) is 14.4 Å². The summed E-state index contributed by atoms with van der Waals surface area (Å²) in [5.41, 5.74) is 13.0. The molecule has 2 saturated carbocycles. The van der Waals surface area contributed by atoms with Crippen molar-refractivity contribution >= 4 is 28.5 Å². The van der Waals surface area contributed by atoms with Crippen LogP contribution in [0.5, 0.6) is 0 Å². The van der Waals surface area contributed by atoms with E-state index in [2.05, 4.69) is 96.2 Å². The molecule has 8 heteroatoms. The minimum Gasteiger partial charge on any atom is -0.385 e. The van der Waals surface area contributed by atoms with Crippen molar-refractivity contribution in [3.63, 3.8) is 0 Å². The fourth-order valence-electron chi connectivity index (χ4n) is 10.7. The molecule has 0 amide bonds. The molecule has 0 unspecified atom stereocenters. The molecular weight excluding hydrogens is 793 g/mol. The zero-order valence-corrected chi connectivity index (χ0v) is 40.0. The number of methoxy groups -OCH3 is 1. The Morgan fingerprint density at radius 3 is 1.72 bits per heavy atom. The average Bonchev–Trinajstić information content (AvgIpc) is 3.93. The zero-order chi connectivity index (χ0) is 45.5. The quantitative estimate of drug-likeness (QED) is 0.0963. The smallest absolute Gasteiger partial charge is 0.202 e. The number of rotatable bonds is 14. The Kier molecular flexibility index (Phi) is 15.3. The molecule has 0 spiro atoms. The first kappa shape index (κ1) is 47.3. The second-order valence-corrected chi connectivity index (χ2v) is 21.3. The number of allylic oxidation sites excluding steroid dienone is 4. The van der Waals surface area contributed by atoms with E-state index in [-0.39, 0.29) is 17.0 Å². The third kappa shape index (κ3) is 12.0. The third-order valence-corrected chi connectivity index (χ3v) is 15.0. The Bertz CT molecular complexity index is 2340. The van der Waals surface area contributed by atoms with Crippen molar-refractivity contribution in [2.24, 2.45) is 10.8 Å². The van der Waals surface area contributed by atoms with Gasteiger partial charge in [-0.2, -0.15) is 0 Å². The highest BCUT2D eigenvalue weighted by atomic mass is 16.5. The normalized spacial score (nSPS) is 19.6. The van der Waals surface area contributed by atoms with Crippen molar-refractivity contribution in [2.45, 2.75) is 175 Å². The van der Waals surface area contributed by atoms with Crippen molar-refractivity contribution in [3.8, 4) is 0 Å². The van der Waals surface area contributed by atoms with Crippen LogP contribution in [-0.2, 0) is 27.8 Å². The number of aryl methyl sites for hydroxylation is 2. The molecule has 0 atom stereocenters. The fourth-order valence-corrected chi connectivity index (χ4v) is 10.7. The maximum absolute atomic E-state index is 13.1. The number of hydrogen-bond donors (Lipinski definition) is 2. The van der Waals surface area contributed by atoms with E-state index in [1.807, 2.05) is 13.8 Å². The molecule has 0 radical (unpaired) electrons. The molecule has 2 aromatic carbocycles. The van der Waals surface area contributed by atoms with Gasteiger partial charge in [-0.3, -0.25) is 14.4 Å². The predicted octanol–water partition coefficient (Wildman–Crippen LogP) is 13.3. The molecule has 8 nitrogen and oxygen atoms in total. The largest absolute Gasteiger partial charge is 0.385 e. The van der Waals surface area contributed by atoms with Crippen LogP contribution in [0.2, 0.25) is 0 Å². The second kappa shape index (κ2) is 20.6. The lowest BCUT2D eigenvalue weighted by Crippen LogP contribution is -2.30. The van der Waals surface area contributed by atoms with E-state index in [0.29, 0.717) is 59.9 Å². The molecule has 2 fully saturated rings. The Labute approximate surface area is 383 Å². The number of hydrogen-bond acceptors (Lipinski definition) is 6. The van der Waals surface area contributed by atoms with Crippen molar-refractivity contribution in [2.75, 3.05) is 13.7 Å². The van der Waals surface area contributed by atoms with Crippen molar-refractivity contribution in [3.05, 3.63) is 117 Å². The lowest BCUT2D eigenvalue weighted by atomic mass is 9.66. The molecule has 4 aliphatic rings. The Morgan fingerprint density at radius 1 is 0.703 bits per heavy atom. The van der Waals surface area contributed by atoms with Gasteiger partial charge in [0.25, 0.3) is 0 Å². The highest BCUT2D eigenvalue weighted by molar-refractivity contribution is 5.96. The molecule has 2 heterocycles. The second-order valence-electron chi connectivity index (χ2n) is 21.3. The highest BCUT2D eigenvalue weighted by Gasteiger charge is 2.35. The number of carbonyl (C=O) groups excluding carboxylic acids is 3. The van der Waals surface area contributed by atoms with Crippen molar-refractivity contribution in [1.82, 2.24) is 19.9 Å². The van der Waals surface area contributed by atoms with Gasteiger partial charge in [0.2, 0.25) is 11.6 Å². The van der Waals surface area contributed by atoms with E-state index in [1.165, 1.54) is 78.3 Å². The summed E-state index contributed by atoms with van der Waals surface area (Å²) in [4.78, 5) is 52.3. The molecule has 0 aliphatic heterocycles. The van der Waals surface area contributed by atoms with Crippen LogP contribution in [-0.4, -0.2) is 51.0 Å². The summed E-state index contributed by atoms with van der Waals surface area (Å²) < 4.78 is 5.40. The molecule has 64 heavy (non-hydrogen) atoms. The number of ether oxygens (including phenoxy) is 1. The number of nitrogens with zero attached hydrogens (tertiary/aromatic N) is 2. The van der Waals surface area contributed by atoms with E-state index in [1.54, 1.807) is 19.5 Å². The van der Waals surface area contributed by atoms with Crippen LogP contribution in [0, 0.1) is 24.7 Å². The van der Waals surface area contributed by atoms with Crippen molar-refractivity contribution < 1.29 is 19.1 Å². The number of Topliss-reactive ketones (excluding diaryl/α,β-unsaturated/α-hetero) is 3. The Hall–Kier alpha value is -4.69. The molecular formula is C56H74N4O4. The fraction of sp³-hybridized carbons (Fsp3) is 0.554. The van der Waals surface area contributed by atoms with Crippen molar-refractivity contribution in [1.29, 1.82) is 0 Å². The van der Waals surface area contributed by atoms with Crippen LogP contribution in [0.1, 0.15) is 209 Å². The number of carbonyl (C=O) groups is 3. The number of benzene rings is 2. The van der Waals surface area contributed by atoms with E-state index >= 15 is 0 Å². The number of aromatic nitrogens is 4. The van der Waals surface area contributed by atoms with Crippen LogP contribution in [0.25, 0.3) is 11.1 Å². The summed E-state index contributed by atoms with van der Waals surface area (Å²) in [7, 11) is 1.80. The first-order valence-electron chi connectivity index (χ1n) is 24.4. The first-order chi connectivity index (χ1) is 30.6. The predicted molar refractivity (Wildman–Crippen MR) is 259 cm³/mol. The first-order valence-corrected chi connectivity index (χ1v) is 24.4. The zero-order valence-electron chi connectivity index (χ0n) is 40.0. The molecule has 4 aromatic rings. The van der Waals surface area contributed by atoms with Gasteiger partial charge in [-0.25, -0.2) is 9.97 Å². The lowest BCUT2D eigenvalue weighted by molar-refractivity contribution is -0.120. The minimum atomic E-state index is 0.0251. The third-order valence-electron chi connectivity index (χ3n) is 15.0. The van der Waals surface area contributed by atoms with Gasteiger partial charge in [-0.15, -0.1) is 0 Å². The summed E-state index contributed by atoms with van der Waals surface area (Å²) in [6.45, 7) is 14.0. The van der Waals surface area contributed by atoms with Gasteiger partial charge in [0.15, 0.2) is 11.6 Å². The average molecular weight is 867 g/mol. The van der Waals surface area contributed by atoms with E-state index in [0.717, 1.165) is 80.5 Å². The maximum Gasteiger partial charge on any atom is 0.202 e. The van der Waals surface area contributed by atoms with Gasteiger partial charge in [0.1, 0.15) is 5.78 Å². The van der Waals surface area contributed by atoms with Gasteiger partial charge in [0, 0.05) is 63.2 Å². The Morgan fingerprint density at radius 2 is 1.23 bits per heavy atom. The molecule has 0 saturated heterocycles. The van der Waals surface area contributed by atoms with E-state index < -0.39 is 0 Å². The van der Waals surface area contributed by atoms with Gasteiger partial charge >= 0.3 is 0 Å². The summed E-state index contributed by atoms with van der Waals surface area (Å²) >= 11 is 0. The number of nitrogens with one attached hydrogen (secondary N) is 2. The topological polar surface area (TPSA) is 118 Å². The van der Waals surface area contributed by atoms with Gasteiger partial charge in [0.05, 0.1) is 0 Å².